The highest BCUT2D eigenvalue weighted by atomic mass is 19.1. The Balaban J connectivity index is 1.34. The van der Waals surface area contributed by atoms with Crippen molar-refractivity contribution in [1.82, 2.24) is 10.8 Å². The van der Waals surface area contributed by atoms with E-state index in [1.165, 1.54) is 43.3 Å². The molecule has 5 heteroatoms. The van der Waals surface area contributed by atoms with Gasteiger partial charge < -0.3 is 5.32 Å². The molecule has 2 saturated carbocycles. The third kappa shape index (κ3) is 3.02. The van der Waals surface area contributed by atoms with E-state index in [1.54, 1.807) is 17.7 Å². The first-order chi connectivity index (χ1) is 12.1. The monoisotopic (exact) mass is 342 g/mol. The van der Waals surface area contributed by atoms with E-state index in [4.69, 9.17) is 5.21 Å². The fourth-order valence-electron chi connectivity index (χ4n) is 5.01. The molecule has 4 nitrogen and oxygen atoms in total. The lowest BCUT2D eigenvalue weighted by Crippen LogP contribution is -2.54. The number of carbonyl (C=O) groups excluding carboxylic acids is 1. The van der Waals surface area contributed by atoms with Crippen LogP contribution in [0.4, 0.5) is 4.39 Å². The summed E-state index contributed by atoms with van der Waals surface area (Å²) in [6, 6.07) is 4.91. The maximum Gasteiger partial charge on any atom is 0.267 e. The molecule has 25 heavy (non-hydrogen) atoms. The third-order valence-electron chi connectivity index (χ3n) is 6.05. The smallest absolute Gasteiger partial charge is 0.267 e. The van der Waals surface area contributed by atoms with Crippen LogP contribution in [0.1, 0.15) is 36.8 Å². The van der Waals surface area contributed by atoms with Crippen molar-refractivity contribution in [1.29, 1.82) is 0 Å². The first-order valence-corrected chi connectivity index (χ1v) is 8.91. The SMILES string of the molecule is O=C(/C=C/c1ccc(CNCC23CC4CC=C2C(C4)C3)c(F)c1)NO. The molecule has 0 radical (unpaired) electrons. The molecule has 1 aromatic rings. The molecule has 3 unspecified atom stereocenters. The predicted octanol–water partition coefficient (Wildman–Crippen LogP) is 3.18. The fourth-order valence-corrected chi connectivity index (χ4v) is 5.01. The summed E-state index contributed by atoms with van der Waals surface area (Å²) >= 11 is 0. The van der Waals surface area contributed by atoms with Gasteiger partial charge in [-0.15, -0.1) is 0 Å². The van der Waals surface area contributed by atoms with Gasteiger partial charge in [0.1, 0.15) is 5.82 Å². The van der Waals surface area contributed by atoms with Crippen molar-refractivity contribution in [2.75, 3.05) is 6.54 Å². The number of allylic oxidation sites excluding steroid dienone is 1. The quantitative estimate of drug-likeness (QED) is 0.322. The number of nitrogens with one attached hydrogen (secondary N) is 2. The van der Waals surface area contributed by atoms with Crippen LogP contribution >= 0.6 is 0 Å². The number of hydrogen-bond donors (Lipinski definition) is 3. The van der Waals surface area contributed by atoms with Crippen LogP contribution in [-0.2, 0) is 11.3 Å². The van der Waals surface area contributed by atoms with Crippen molar-refractivity contribution in [3.63, 3.8) is 0 Å². The number of rotatable bonds is 6. The average molecular weight is 342 g/mol. The summed E-state index contributed by atoms with van der Waals surface area (Å²) in [5, 5.41) is 11.9. The van der Waals surface area contributed by atoms with Crippen molar-refractivity contribution in [2.24, 2.45) is 17.3 Å². The summed E-state index contributed by atoms with van der Waals surface area (Å²) < 4.78 is 14.2. The number of carbonyl (C=O) groups is 1. The Morgan fingerprint density at radius 2 is 2.28 bits per heavy atom. The highest BCUT2D eigenvalue weighted by molar-refractivity contribution is 5.90. The van der Waals surface area contributed by atoms with Crippen LogP contribution in [0, 0.1) is 23.1 Å². The third-order valence-corrected chi connectivity index (χ3v) is 6.05. The Bertz CT molecular complexity index is 758. The molecule has 0 heterocycles. The maximum atomic E-state index is 14.2. The minimum Gasteiger partial charge on any atom is -0.312 e. The van der Waals surface area contributed by atoms with Gasteiger partial charge in [0.05, 0.1) is 0 Å². The van der Waals surface area contributed by atoms with Gasteiger partial charge in [-0.3, -0.25) is 10.0 Å². The number of benzene rings is 1. The zero-order valence-electron chi connectivity index (χ0n) is 14.1. The number of fused-ring (bicyclic) bond motifs is 1. The van der Waals surface area contributed by atoms with Crippen LogP contribution < -0.4 is 10.8 Å². The Kier molecular flexibility index (Phi) is 4.21. The fraction of sp³-hybridized carbons (Fsp3) is 0.450. The van der Waals surface area contributed by atoms with E-state index < -0.39 is 5.91 Å². The lowest BCUT2D eigenvalue weighted by molar-refractivity contribution is -0.124. The van der Waals surface area contributed by atoms with Crippen LogP contribution in [0.15, 0.2) is 35.9 Å². The number of hydrogen-bond acceptors (Lipinski definition) is 3. The van der Waals surface area contributed by atoms with Gasteiger partial charge in [0, 0.05) is 30.1 Å². The number of hydroxylamine groups is 1. The topological polar surface area (TPSA) is 61.4 Å². The zero-order valence-corrected chi connectivity index (χ0v) is 14.1. The van der Waals surface area contributed by atoms with Crippen LogP contribution in [-0.4, -0.2) is 17.7 Å². The van der Waals surface area contributed by atoms with Gasteiger partial charge in [-0.1, -0.05) is 23.8 Å². The molecule has 4 aliphatic rings. The first kappa shape index (κ1) is 16.5. The van der Waals surface area contributed by atoms with Gasteiger partial charge in [-0.05, 0) is 55.2 Å². The molecule has 5 rings (SSSR count). The molecular weight excluding hydrogens is 319 g/mol. The lowest BCUT2D eigenvalue weighted by atomic mass is 9.45. The summed E-state index contributed by atoms with van der Waals surface area (Å²) in [6.07, 6.45) is 10.3. The summed E-state index contributed by atoms with van der Waals surface area (Å²) in [7, 11) is 0. The van der Waals surface area contributed by atoms with Crippen LogP contribution in [0.3, 0.4) is 0 Å². The highest BCUT2D eigenvalue weighted by Gasteiger charge is 2.55. The van der Waals surface area contributed by atoms with Crippen LogP contribution in [0.2, 0.25) is 0 Å². The molecule has 4 aliphatic carbocycles. The van der Waals surface area contributed by atoms with Crippen molar-refractivity contribution in [2.45, 2.75) is 32.2 Å². The molecule has 1 amide bonds. The van der Waals surface area contributed by atoms with Gasteiger partial charge in [-0.25, -0.2) is 9.87 Å². The molecular formula is C20H23FN2O2. The van der Waals surface area contributed by atoms with E-state index in [0.29, 0.717) is 23.1 Å². The first-order valence-electron chi connectivity index (χ1n) is 8.91. The molecule has 3 atom stereocenters. The molecule has 4 bridgehead atoms. The van der Waals surface area contributed by atoms with Crippen molar-refractivity contribution >= 4 is 12.0 Å². The molecule has 2 fully saturated rings. The van der Waals surface area contributed by atoms with Gasteiger partial charge >= 0.3 is 0 Å². The second kappa shape index (κ2) is 6.39. The largest absolute Gasteiger partial charge is 0.312 e. The minimum atomic E-state index is -0.639. The molecule has 0 aromatic heterocycles. The van der Waals surface area contributed by atoms with E-state index in [1.807, 2.05) is 0 Å². The summed E-state index contributed by atoms with van der Waals surface area (Å²) in [6.45, 7) is 1.45. The van der Waals surface area contributed by atoms with E-state index in [0.717, 1.165) is 24.5 Å². The summed E-state index contributed by atoms with van der Waals surface area (Å²) in [5.41, 5.74) is 4.73. The maximum absolute atomic E-state index is 14.2. The predicted molar refractivity (Wildman–Crippen MR) is 93.0 cm³/mol. The molecule has 3 N–H and O–H groups in total. The zero-order chi connectivity index (χ0) is 17.4. The van der Waals surface area contributed by atoms with Crippen molar-refractivity contribution < 1.29 is 14.4 Å². The van der Waals surface area contributed by atoms with E-state index in [2.05, 4.69) is 11.4 Å². The standard InChI is InChI=1S/C20H23FN2O2/c21-18-8-13(3-6-19(24)23-25)1-4-15(18)11-22-12-20-9-14-2-5-17(20)16(7-14)10-20/h1,3-6,8,14,16,22,25H,2,7,9-12H2,(H,23,24)/b6-3+. The van der Waals surface area contributed by atoms with Crippen LogP contribution in [0.5, 0.6) is 0 Å². The second-order valence-corrected chi connectivity index (χ2v) is 7.65. The Morgan fingerprint density at radius 1 is 1.40 bits per heavy atom. The van der Waals surface area contributed by atoms with E-state index in [-0.39, 0.29) is 5.82 Å². The Morgan fingerprint density at radius 3 is 2.96 bits per heavy atom. The van der Waals surface area contributed by atoms with E-state index in [9.17, 15) is 9.18 Å². The summed E-state index contributed by atoms with van der Waals surface area (Å²) in [5.74, 6) is 0.762. The van der Waals surface area contributed by atoms with Gasteiger partial charge in [0.25, 0.3) is 5.91 Å². The molecule has 0 aliphatic heterocycles. The number of amides is 1. The molecule has 132 valence electrons. The van der Waals surface area contributed by atoms with Gasteiger partial charge in [0.2, 0.25) is 0 Å². The minimum absolute atomic E-state index is 0.285. The average Bonchev–Trinajstić information content (AvgIpc) is 2.61. The second-order valence-electron chi connectivity index (χ2n) is 7.65. The van der Waals surface area contributed by atoms with Crippen LogP contribution in [0.25, 0.3) is 6.08 Å². The van der Waals surface area contributed by atoms with Crippen molar-refractivity contribution in [3.05, 3.63) is 52.9 Å². The lowest BCUT2D eigenvalue weighted by Gasteiger charge is -2.61. The van der Waals surface area contributed by atoms with Crippen molar-refractivity contribution in [3.8, 4) is 0 Å². The normalized spacial score (nSPS) is 29.4. The Labute approximate surface area is 146 Å². The Hall–Kier alpha value is -1.98. The summed E-state index contributed by atoms with van der Waals surface area (Å²) in [4.78, 5) is 11.0. The molecule has 0 spiro atoms. The highest BCUT2D eigenvalue weighted by Crippen LogP contribution is 2.64. The van der Waals surface area contributed by atoms with Gasteiger partial charge in [0.15, 0.2) is 0 Å². The van der Waals surface area contributed by atoms with E-state index >= 15 is 0 Å². The number of halogens is 1. The van der Waals surface area contributed by atoms with Gasteiger partial charge in [-0.2, -0.15) is 0 Å². The molecule has 0 saturated heterocycles. The molecule has 1 aromatic carbocycles.